The molecule has 7 heteroatoms. The number of hydrogen-bond donors (Lipinski definition) is 2. The molecule has 0 radical (unpaired) electrons. The molecule has 0 spiro atoms. The fraction of sp³-hybridized carbons (Fsp3) is 0.294. The summed E-state index contributed by atoms with van der Waals surface area (Å²) in [6.45, 7) is 2.19. The second-order valence-electron chi connectivity index (χ2n) is 6.41. The lowest BCUT2D eigenvalue weighted by atomic mass is 10.1. The van der Waals surface area contributed by atoms with Crippen LogP contribution in [0.3, 0.4) is 0 Å². The van der Waals surface area contributed by atoms with E-state index in [1.807, 2.05) is 30.7 Å². The van der Waals surface area contributed by atoms with E-state index in [1.54, 1.807) is 10.8 Å². The van der Waals surface area contributed by atoms with Gasteiger partial charge in [0.2, 0.25) is 5.95 Å². The number of hydrogen-bond acceptors (Lipinski definition) is 5. The van der Waals surface area contributed by atoms with Crippen molar-refractivity contribution >= 4 is 22.6 Å². The van der Waals surface area contributed by atoms with Gasteiger partial charge in [-0.25, -0.2) is 14.5 Å². The van der Waals surface area contributed by atoms with Gasteiger partial charge in [-0.3, -0.25) is 0 Å². The molecular weight excluding hydrogens is 302 g/mol. The lowest BCUT2D eigenvalue weighted by molar-refractivity contribution is 0.687. The van der Waals surface area contributed by atoms with Crippen LogP contribution in [0.25, 0.3) is 27.8 Å². The van der Waals surface area contributed by atoms with E-state index in [1.165, 1.54) is 12.8 Å². The minimum absolute atomic E-state index is 0.423. The maximum atomic E-state index is 4.61. The highest BCUT2D eigenvalue weighted by Crippen LogP contribution is 2.34. The van der Waals surface area contributed by atoms with Gasteiger partial charge in [0.15, 0.2) is 5.65 Å². The Labute approximate surface area is 138 Å². The molecule has 1 aliphatic carbocycles. The third-order valence-corrected chi connectivity index (χ3v) is 4.70. The van der Waals surface area contributed by atoms with Gasteiger partial charge >= 0.3 is 0 Å². The molecule has 0 aliphatic heterocycles. The van der Waals surface area contributed by atoms with E-state index in [4.69, 9.17) is 0 Å². The summed E-state index contributed by atoms with van der Waals surface area (Å²) in [4.78, 5) is 16.5. The number of fused-ring (bicyclic) bond motifs is 2. The highest BCUT2D eigenvalue weighted by molar-refractivity contribution is 5.93. The largest absolute Gasteiger partial charge is 0.351 e. The third-order valence-electron chi connectivity index (χ3n) is 4.70. The molecule has 2 N–H and O–H groups in total. The van der Waals surface area contributed by atoms with Crippen LogP contribution in [0.5, 0.6) is 0 Å². The van der Waals surface area contributed by atoms with Crippen LogP contribution in [0.4, 0.5) is 5.95 Å². The Morgan fingerprint density at radius 1 is 1.29 bits per heavy atom. The zero-order valence-corrected chi connectivity index (χ0v) is 13.3. The molecule has 1 saturated carbocycles. The Morgan fingerprint density at radius 3 is 3.08 bits per heavy atom. The van der Waals surface area contributed by atoms with Crippen molar-refractivity contribution in [1.82, 2.24) is 29.5 Å². The number of nitrogens with zero attached hydrogens (tertiary/aromatic N) is 5. The highest BCUT2D eigenvalue weighted by atomic mass is 15.3. The molecule has 120 valence electrons. The second-order valence-corrected chi connectivity index (χ2v) is 6.41. The summed E-state index contributed by atoms with van der Waals surface area (Å²) in [6.07, 6.45) is 9.96. The first-order valence-corrected chi connectivity index (χ1v) is 8.18. The zero-order valence-electron chi connectivity index (χ0n) is 13.3. The summed E-state index contributed by atoms with van der Waals surface area (Å²) in [6, 6.07) is 4.41. The lowest BCUT2D eigenvalue weighted by Gasteiger charge is -2.12. The molecule has 7 nitrogen and oxygen atoms in total. The third kappa shape index (κ3) is 2.20. The van der Waals surface area contributed by atoms with Crippen LogP contribution in [-0.4, -0.2) is 35.6 Å². The summed E-state index contributed by atoms with van der Waals surface area (Å²) in [7, 11) is 0. The van der Waals surface area contributed by atoms with Crippen LogP contribution < -0.4 is 5.32 Å². The molecule has 5 rings (SSSR count). The summed E-state index contributed by atoms with van der Waals surface area (Å²) in [5.74, 6) is 1.44. The molecular formula is C17H17N7. The van der Waals surface area contributed by atoms with Crippen molar-refractivity contribution in [3.63, 3.8) is 0 Å². The number of H-pyrrole nitrogens is 1. The Balaban J connectivity index is 1.52. The number of aromatic amines is 1. The predicted octanol–water partition coefficient (Wildman–Crippen LogP) is 2.88. The Morgan fingerprint density at radius 2 is 2.21 bits per heavy atom. The maximum absolute atomic E-state index is 4.61. The molecule has 1 fully saturated rings. The second kappa shape index (κ2) is 5.02. The van der Waals surface area contributed by atoms with Crippen LogP contribution in [-0.2, 0) is 0 Å². The van der Waals surface area contributed by atoms with Gasteiger partial charge in [0.1, 0.15) is 12.0 Å². The van der Waals surface area contributed by atoms with E-state index >= 15 is 0 Å². The number of anilines is 1. The van der Waals surface area contributed by atoms with Gasteiger partial charge in [-0.1, -0.05) is 0 Å². The van der Waals surface area contributed by atoms with Crippen molar-refractivity contribution in [3.8, 4) is 11.1 Å². The van der Waals surface area contributed by atoms with Crippen LogP contribution >= 0.6 is 0 Å². The molecule has 4 aromatic heterocycles. The van der Waals surface area contributed by atoms with Gasteiger partial charge in [0, 0.05) is 41.1 Å². The molecule has 1 aliphatic rings. The number of nitrogens with one attached hydrogen (secondary N) is 2. The first kappa shape index (κ1) is 13.5. The Kier molecular flexibility index (Phi) is 2.82. The van der Waals surface area contributed by atoms with Crippen molar-refractivity contribution in [2.75, 3.05) is 5.32 Å². The molecule has 0 bridgehead atoms. The van der Waals surface area contributed by atoms with Crippen molar-refractivity contribution in [3.05, 3.63) is 37.1 Å². The van der Waals surface area contributed by atoms with Crippen molar-refractivity contribution in [2.24, 2.45) is 5.92 Å². The standard InChI is InChI=1S/C17H17N7/c1-10(11-2-3-11)22-17-19-7-14-13(6-18-16(14)23-17)12-4-5-15-20-9-21-24(15)8-12/h4-11H,2-3H2,1H3,(H2,18,19,22,23). The lowest BCUT2D eigenvalue weighted by Crippen LogP contribution is -2.18. The van der Waals surface area contributed by atoms with E-state index in [0.29, 0.717) is 12.0 Å². The van der Waals surface area contributed by atoms with Crippen LogP contribution in [0.15, 0.2) is 37.1 Å². The fourth-order valence-corrected chi connectivity index (χ4v) is 3.11. The van der Waals surface area contributed by atoms with E-state index in [0.717, 1.165) is 33.7 Å². The molecule has 0 aromatic carbocycles. The molecule has 0 saturated heterocycles. The van der Waals surface area contributed by atoms with Crippen molar-refractivity contribution < 1.29 is 0 Å². The summed E-state index contributed by atoms with van der Waals surface area (Å²) in [5.41, 5.74) is 3.78. The smallest absolute Gasteiger partial charge is 0.224 e. The summed E-state index contributed by atoms with van der Waals surface area (Å²) >= 11 is 0. The topological polar surface area (TPSA) is 83.8 Å². The molecule has 0 amide bonds. The zero-order chi connectivity index (χ0) is 16.1. The van der Waals surface area contributed by atoms with E-state index in [2.05, 4.69) is 37.3 Å². The maximum Gasteiger partial charge on any atom is 0.224 e. The highest BCUT2D eigenvalue weighted by Gasteiger charge is 2.28. The SMILES string of the molecule is CC(Nc1ncc2c(-c3ccc4ncnn4c3)c[nH]c2n1)C1CC1. The van der Waals surface area contributed by atoms with Crippen LogP contribution in [0, 0.1) is 5.92 Å². The van der Waals surface area contributed by atoms with Gasteiger partial charge in [0.25, 0.3) is 0 Å². The van der Waals surface area contributed by atoms with E-state index in [9.17, 15) is 0 Å². The van der Waals surface area contributed by atoms with Crippen molar-refractivity contribution in [2.45, 2.75) is 25.8 Å². The average Bonchev–Trinajstić information content (AvgIpc) is 3.20. The van der Waals surface area contributed by atoms with Gasteiger partial charge in [0.05, 0.1) is 0 Å². The van der Waals surface area contributed by atoms with E-state index in [-0.39, 0.29) is 0 Å². The van der Waals surface area contributed by atoms with Crippen LogP contribution in [0.1, 0.15) is 19.8 Å². The summed E-state index contributed by atoms with van der Waals surface area (Å²) < 4.78 is 1.77. The first-order chi connectivity index (χ1) is 11.8. The molecule has 24 heavy (non-hydrogen) atoms. The number of aromatic nitrogens is 6. The fourth-order valence-electron chi connectivity index (χ4n) is 3.11. The quantitative estimate of drug-likeness (QED) is 0.604. The first-order valence-electron chi connectivity index (χ1n) is 8.18. The Hall–Kier alpha value is -2.96. The van der Waals surface area contributed by atoms with Crippen molar-refractivity contribution in [1.29, 1.82) is 0 Å². The number of rotatable bonds is 4. The van der Waals surface area contributed by atoms with Gasteiger partial charge in [-0.2, -0.15) is 10.1 Å². The van der Waals surface area contributed by atoms with E-state index < -0.39 is 0 Å². The normalized spacial score (nSPS) is 15.9. The molecule has 1 atom stereocenters. The van der Waals surface area contributed by atoms with Crippen LogP contribution in [0.2, 0.25) is 0 Å². The minimum atomic E-state index is 0.423. The molecule has 4 aromatic rings. The van der Waals surface area contributed by atoms with Gasteiger partial charge in [-0.05, 0) is 37.8 Å². The monoisotopic (exact) mass is 319 g/mol. The minimum Gasteiger partial charge on any atom is -0.351 e. The molecule has 1 unspecified atom stereocenters. The Bertz CT molecular complexity index is 1030. The number of pyridine rings is 1. The van der Waals surface area contributed by atoms with Gasteiger partial charge in [-0.15, -0.1) is 0 Å². The molecule has 4 heterocycles. The summed E-state index contributed by atoms with van der Waals surface area (Å²) in [5, 5.41) is 8.59. The predicted molar refractivity (Wildman–Crippen MR) is 91.7 cm³/mol. The average molecular weight is 319 g/mol. The van der Waals surface area contributed by atoms with Gasteiger partial charge < -0.3 is 10.3 Å².